The minimum atomic E-state index is -0.260. The van der Waals surface area contributed by atoms with Crippen LogP contribution in [0.4, 0.5) is 11.5 Å². The molecule has 4 bridgehead atoms. The Bertz CT molecular complexity index is 933. The van der Waals surface area contributed by atoms with E-state index in [4.69, 9.17) is 0 Å². The van der Waals surface area contributed by atoms with Gasteiger partial charge >= 0.3 is 0 Å². The maximum absolute atomic E-state index is 13.4. The molecule has 29 heavy (non-hydrogen) atoms. The fourth-order valence-corrected chi connectivity index (χ4v) is 6.23. The van der Waals surface area contributed by atoms with Crippen LogP contribution in [0.1, 0.15) is 54.6 Å². The van der Waals surface area contributed by atoms with Crippen molar-refractivity contribution in [3.8, 4) is 0 Å². The first-order chi connectivity index (χ1) is 14.0. The van der Waals surface area contributed by atoms with Crippen molar-refractivity contribution in [2.75, 3.05) is 10.6 Å². The molecule has 4 fully saturated rings. The number of pyridine rings is 1. The van der Waals surface area contributed by atoms with Crippen LogP contribution in [0.15, 0.2) is 42.5 Å². The van der Waals surface area contributed by atoms with E-state index in [-0.39, 0.29) is 17.2 Å². The van der Waals surface area contributed by atoms with Crippen LogP contribution in [0.2, 0.25) is 0 Å². The number of rotatable bonds is 4. The third-order valence-electron chi connectivity index (χ3n) is 7.07. The number of nitrogens with one attached hydrogen (secondary N) is 2. The van der Waals surface area contributed by atoms with Crippen LogP contribution < -0.4 is 10.6 Å². The molecule has 0 aliphatic heterocycles. The molecule has 4 aliphatic rings. The molecule has 150 valence electrons. The SMILES string of the molecule is Cc1cccc(NC(=O)c2ccccc2NC(=O)C23CC4CC(CC(C4)C2)C3)n1. The van der Waals surface area contributed by atoms with Gasteiger partial charge in [0.25, 0.3) is 5.91 Å². The van der Waals surface area contributed by atoms with Gasteiger partial charge in [0.1, 0.15) is 5.82 Å². The smallest absolute Gasteiger partial charge is 0.258 e. The second-order valence-corrected chi connectivity index (χ2v) is 9.32. The Morgan fingerprint density at radius 2 is 1.55 bits per heavy atom. The number of aryl methyl sites for hydroxylation is 1. The molecule has 2 aromatic rings. The molecule has 0 spiro atoms. The molecule has 1 heterocycles. The molecule has 4 aliphatic carbocycles. The highest BCUT2D eigenvalue weighted by Crippen LogP contribution is 2.60. The van der Waals surface area contributed by atoms with E-state index in [1.54, 1.807) is 12.1 Å². The van der Waals surface area contributed by atoms with Crippen LogP contribution >= 0.6 is 0 Å². The molecular weight excluding hydrogens is 362 g/mol. The van der Waals surface area contributed by atoms with Gasteiger partial charge in [-0.2, -0.15) is 0 Å². The van der Waals surface area contributed by atoms with E-state index in [1.807, 2.05) is 37.3 Å². The summed E-state index contributed by atoms with van der Waals surface area (Å²) in [5.74, 6) is 2.47. The highest BCUT2D eigenvalue weighted by molar-refractivity contribution is 6.10. The maximum Gasteiger partial charge on any atom is 0.258 e. The number of benzene rings is 1. The molecule has 4 saturated carbocycles. The Morgan fingerprint density at radius 3 is 2.21 bits per heavy atom. The second kappa shape index (κ2) is 6.97. The van der Waals surface area contributed by atoms with Gasteiger partial charge < -0.3 is 10.6 Å². The van der Waals surface area contributed by atoms with Crippen molar-refractivity contribution < 1.29 is 9.59 Å². The molecule has 0 unspecified atom stereocenters. The summed E-state index contributed by atoms with van der Waals surface area (Å²) in [6, 6.07) is 12.8. The Labute approximate surface area is 171 Å². The van der Waals surface area contributed by atoms with Crippen LogP contribution in [0, 0.1) is 30.1 Å². The lowest BCUT2D eigenvalue weighted by Crippen LogP contribution is -2.51. The Kier molecular flexibility index (Phi) is 4.41. The van der Waals surface area contributed by atoms with Gasteiger partial charge in [0.15, 0.2) is 0 Å². The first-order valence-corrected chi connectivity index (χ1v) is 10.7. The molecule has 0 saturated heterocycles. The number of hydrogen-bond acceptors (Lipinski definition) is 3. The topological polar surface area (TPSA) is 71.1 Å². The number of carbonyl (C=O) groups is 2. The van der Waals surface area contributed by atoms with Gasteiger partial charge in [0.05, 0.1) is 16.7 Å². The Morgan fingerprint density at radius 1 is 0.897 bits per heavy atom. The third kappa shape index (κ3) is 3.43. The first kappa shape index (κ1) is 18.3. The van der Waals surface area contributed by atoms with Crippen molar-refractivity contribution in [1.82, 2.24) is 4.98 Å². The molecule has 0 radical (unpaired) electrons. The van der Waals surface area contributed by atoms with Gasteiger partial charge in [-0.15, -0.1) is 0 Å². The molecule has 6 rings (SSSR count). The fraction of sp³-hybridized carbons (Fsp3) is 0.458. The van der Waals surface area contributed by atoms with Crippen molar-refractivity contribution in [1.29, 1.82) is 0 Å². The lowest BCUT2D eigenvalue weighted by molar-refractivity contribution is -0.140. The van der Waals surface area contributed by atoms with Crippen molar-refractivity contribution in [3.63, 3.8) is 0 Å². The van der Waals surface area contributed by atoms with E-state index >= 15 is 0 Å². The second-order valence-electron chi connectivity index (χ2n) is 9.32. The first-order valence-electron chi connectivity index (χ1n) is 10.7. The van der Waals surface area contributed by atoms with E-state index in [0.29, 0.717) is 34.8 Å². The van der Waals surface area contributed by atoms with Crippen LogP contribution in [-0.2, 0) is 4.79 Å². The number of carbonyl (C=O) groups excluding carboxylic acids is 2. The molecule has 5 nitrogen and oxygen atoms in total. The van der Waals surface area contributed by atoms with Gasteiger partial charge in [0, 0.05) is 5.69 Å². The van der Waals surface area contributed by atoms with Crippen LogP contribution in [0.5, 0.6) is 0 Å². The molecule has 1 aromatic heterocycles. The summed E-state index contributed by atoms with van der Waals surface area (Å²) in [6.45, 7) is 1.88. The fourth-order valence-electron chi connectivity index (χ4n) is 6.23. The van der Waals surface area contributed by atoms with Gasteiger partial charge in [-0.1, -0.05) is 18.2 Å². The summed E-state index contributed by atoms with van der Waals surface area (Å²) < 4.78 is 0. The van der Waals surface area contributed by atoms with E-state index in [1.165, 1.54) is 19.3 Å². The summed E-state index contributed by atoms with van der Waals surface area (Å²) in [5, 5.41) is 5.97. The third-order valence-corrected chi connectivity index (χ3v) is 7.07. The van der Waals surface area contributed by atoms with Crippen molar-refractivity contribution >= 4 is 23.3 Å². The number of amides is 2. The quantitative estimate of drug-likeness (QED) is 0.789. The molecule has 1 aromatic carbocycles. The standard InChI is InChI=1S/C24H27N3O2/c1-15-5-4-8-21(25-15)27-22(28)19-6-2-3-7-20(19)26-23(29)24-12-16-9-17(13-24)11-18(10-16)14-24/h2-8,16-18H,9-14H2,1H3,(H,26,29)(H,25,27,28). The van der Waals surface area contributed by atoms with Crippen LogP contribution in [0.25, 0.3) is 0 Å². The average molecular weight is 389 g/mol. The van der Waals surface area contributed by atoms with E-state index in [0.717, 1.165) is 25.0 Å². The van der Waals surface area contributed by atoms with E-state index in [2.05, 4.69) is 15.6 Å². The highest BCUT2D eigenvalue weighted by atomic mass is 16.2. The minimum Gasteiger partial charge on any atom is -0.325 e. The van der Waals surface area contributed by atoms with Gasteiger partial charge in [-0.05, 0) is 87.5 Å². The van der Waals surface area contributed by atoms with Crippen LogP contribution in [-0.4, -0.2) is 16.8 Å². The highest BCUT2D eigenvalue weighted by Gasteiger charge is 2.54. The Balaban J connectivity index is 1.36. The summed E-state index contributed by atoms with van der Waals surface area (Å²) in [5.41, 5.74) is 1.65. The maximum atomic E-state index is 13.4. The summed E-state index contributed by atoms with van der Waals surface area (Å²) in [6.07, 6.45) is 6.92. The van der Waals surface area contributed by atoms with Gasteiger partial charge in [-0.25, -0.2) is 4.98 Å². The predicted octanol–water partition coefficient (Wildman–Crippen LogP) is 4.80. The normalized spacial score (nSPS) is 29.5. The monoisotopic (exact) mass is 389 g/mol. The number of para-hydroxylation sites is 1. The number of aromatic nitrogens is 1. The lowest BCUT2D eigenvalue weighted by Gasteiger charge is -2.55. The minimum absolute atomic E-state index is 0.102. The Hall–Kier alpha value is -2.69. The van der Waals surface area contributed by atoms with Gasteiger partial charge in [-0.3, -0.25) is 9.59 Å². The summed E-state index contributed by atoms with van der Waals surface area (Å²) >= 11 is 0. The largest absolute Gasteiger partial charge is 0.325 e. The zero-order chi connectivity index (χ0) is 20.0. The average Bonchev–Trinajstić information content (AvgIpc) is 2.67. The summed E-state index contributed by atoms with van der Waals surface area (Å²) in [4.78, 5) is 30.6. The lowest BCUT2D eigenvalue weighted by atomic mass is 9.49. The zero-order valence-corrected chi connectivity index (χ0v) is 16.8. The molecule has 5 heteroatoms. The molecular formula is C24H27N3O2. The summed E-state index contributed by atoms with van der Waals surface area (Å²) in [7, 11) is 0. The van der Waals surface area contributed by atoms with Crippen molar-refractivity contribution in [2.24, 2.45) is 23.2 Å². The number of anilines is 2. The van der Waals surface area contributed by atoms with Crippen molar-refractivity contribution in [3.05, 3.63) is 53.7 Å². The van der Waals surface area contributed by atoms with E-state index in [9.17, 15) is 9.59 Å². The number of nitrogens with zero attached hydrogens (tertiary/aromatic N) is 1. The molecule has 2 amide bonds. The van der Waals surface area contributed by atoms with Crippen molar-refractivity contribution in [2.45, 2.75) is 45.4 Å². The van der Waals surface area contributed by atoms with Crippen LogP contribution in [0.3, 0.4) is 0 Å². The van der Waals surface area contributed by atoms with Gasteiger partial charge in [0.2, 0.25) is 5.91 Å². The molecule has 0 atom stereocenters. The zero-order valence-electron chi connectivity index (χ0n) is 16.8. The van der Waals surface area contributed by atoms with E-state index < -0.39 is 0 Å². The number of hydrogen-bond donors (Lipinski definition) is 2. The molecule has 2 N–H and O–H groups in total. The predicted molar refractivity (Wildman–Crippen MR) is 113 cm³/mol.